The number of fused-ring (bicyclic) bond motifs is 10. The lowest BCUT2D eigenvalue weighted by molar-refractivity contribution is 0.0942. The van der Waals surface area contributed by atoms with Crippen molar-refractivity contribution in [3.05, 3.63) is 170 Å². The molecule has 10 aromatic rings. The zero-order chi connectivity index (χ0) is 49.7. The van der Waals surface area contributed by atoms with Crippen LogP contribution in [0.25, 0.3) is 63.4 Å². The van der Waals surface area contributed by atoms with Gasteiger partial charge in [0.2, 0.25) is 10.9 Å². The number of pyridine rings is 4. The Kier molecular flexibility index (Phi) is 14.8. The number of hydrogen-bond acceptors (Lipinski definition) is 12. The number of amides is 2. The largest absolute Gasteiger partial charge is 0.488 e. The maximum Gasteiger partial charge on any atom is 0.488 e. The van der Waals surface area contributed by atoms with Gasteiger partial charge >= 0.3 is 7.12 Å². The highest BCUT2D eigenvalue weighted by molar-refractivity contribution is 7.24. The van der Waals surface area contributed by atoms with Crippen LogP contribution in [0.5, 0.6) is 0 Å². The highest BCUT2D eigenvalue weighted by Crippen LogP contribution is 2.33. The van der Waals surface area contributed by atoms with Gasteiger partial charge in [0, 0.05) is 31.7 Å². The molecule has 364 valence electrons. The van der Waals surface area contributed by atoms with Gasteiger partial charge in [0.1, 0.15) is 31.6 Å². The van der Waals surface area contributed by atoms with Crippen molar-refractivity contribution in [2.75, 3.05) is 52.4 Å². The smallest absolute Gasteiger partial charge is 0.423 e. The number of carbonyl (C=O) groups is 2. The quantitative estimate of drug-likeness (QED) is 0.0796. The van der Waals surface area contributed by atoms with E-state index in [1.54, 1.807) is 42.5 Å². The van der Waals surface area contributed by atoms with E-state index in [2.05, 4.69) is 25.4 Å². The second-order valence-corrected chi connectivity index (χ2v) is 20.1. The third-order valence-electron chi connectivity index (χ3n) is 13.0. The molecule has 2 fully saturated rings. The summed E-state index contributed by atoms with van der Waals surface area (Å²) in [6, 6.07) is 41.2. The Labute approximate surface area is 426 Å². The molecule has 6 aromatic heterocycles. The summed E-state index contributed by atoms with van der Waals surface area (Å²) in [5.41, 5.74) is 4.98. The van der Waals surface area contributed by atoms with Crippen molar-refractivity contribution in [3.63, 3.8) is 0 Å². The number of para-hydroxylation sites is 2. The molecule has 2 amide bonds. The van der Waals surface area contributed by atoms with Gasteiger partial charge in [-0.2, -0.15) is 0 Å². The Morgan fingerprint density at radius 1 is 0.569 bits per heavy atom. The number of rotatable bonds is 10. The Balaban J connectivity index is 0.000000143. The first-order valence-corrected chi connectivity index (χ1v) is 26.0. The van der Waals surface area contributed by atoms with Gasteiger partial charge in [0.05, 0.1) is 36.9 Å². The number of nitrogens with one attached hydrogen (secondary N) is 2. The van der Waals surface area contributed by atoms with Gasteiger partial charge in [-0.05, 0) is 106 Å². The van der Waals surface area contributed by atoms with Crippen LogP contribution in [0.4, 0.5) is 0 Å². The summed E-state index contributed by atoms with van der Waals surface area (Å²) in [7, 11) is -1.34. The molecule has 2 aliphatic heterocycles. The maximum atomic E-state index is 13.6. The number of thiazole rings is 2. The minimum atomic E-state index is -1.34. The number of nitrogens with zero attached hydrogens (tertiary/aromatic N) is 6. The second kappa shape index (κ2) is 21.9. The Morgan fingerprint density at radius 2 is 1.01 bits per heavy atom. The van der Waals surface area contributed by atoms with Crippen LogP contribution in [0.3, 0.4) is 0 Å². The SMILES string of the molecule is O=C(NCCN1CCCC1)c1c(=O)c2ccc(-c3ccccc3)nc2n2c1sc1ccccc12.O=C(NCCN1CCCC1)c1c(=O)c2ccc(Cl)nc2n2c1sc1ccccc12.OB(O)c1ccccc1. The molecule has 8 heterocycles. The van der Waals surface area contributed by atoms with Crippen LogP contribution in [0.2, 0.25) is 5.15 Å². The van der Waals surface area contributed by atoms with E-state index >= 15 is 0 Å². The zero-order valence-corrected chi connectivity index (χ0v) is 41.6. The molecular weight excluding hydrogens is 967 g/mol. The van der Waals surface area contributed by atoms with Gasteiger partial charge in [0.15, 0.2) is 5.65 Å². The molecule has 0 saturated carbocycles. The molecule has 2 aliphatic rings. The summed E-state index contributed by atoms with van der Waals surface area (Å²) in [5.74, 6) is -0.655. The highest BCUT2D eigenvalue weighted by atomic mass is 35.5. The Bertz CT molecular complexity index is 3730. The van der Waals surface area contributed by atoms with Crippen molar-refractivity contribution < 1.29 is 19.6 Å². The molecule has 4 aromatic carbocycles. The minimum absolute atomic E-state index is 0.171. The van der Waals surface area contributed by atoms with Crippen molar-refractivity contribution in [2.45, 2.75) is 25.7 Å². The number of halogens is 1. The first-order valence-electron chi connectivity index (χ1n) is 24.0. The van der Waals surface area contributed by atoms with Crippen molar-refractivity contribution in [3.8, 4) is 11.3 Å². The van der Waals surface area contributed by atoms with E-state index in [9.17, 15) is 19.2 Å². The molecule has 14 nitrogen and oxygen atoms in total. The van der Waals surface area contributed by atoms with E-state index < -0.39 is 7.12 Å². The third kappa shape index (κ3) is 10.1. The number of benzene rings is 4. The second-order valence-electron chi connectivity index (χ2n) is 17.7. The van der Waals surface area contributed by atoms with E-state index in [0.29, 0.717) is 55.4 Å². The van der Waals surface area contributed by atoms with Gasteiger partial charge in [-0.25, -0.2) is 9.97 Å². The number of likely N-dealkylation sites (tertiary alicyclic amines) is 2. The summed E-state index contributed by atoms with van der Waals surface area (Å²) in [6.07, 6.45) is 4.83. The fourth-order valence-corrected chi connectivity index (χ4v) is 11.9. The van der Waals surface area contributed by atoms with E-state index in [-0.39, 0.29) is 33.8 Å². The number of carbonyl (C=O) groups excluding carboxylic acids is 2. The molecule has 0 unspecified atom stereocenters. The van der Waals surface area contributed by atoms with E-state index in [1.165, 1.54) is 48.4 Å². The number of aromatic nitrogens is 4. The molecule has 18 heteroatoms. The highest BCUT2D eigenvalue weighted by Gasteiger charge is 2.25. The lowest BCUT2D eigenvalue weighted by Crippen LogP contribution is -2.35. The summed E-state index contributed by atoms with van der Waals surface area (Å²) in [6.45, 7) is 6.94. The van der Waals surface area contributed by atoms with Crippen LogP contribution >= 0.6 is 34.3 Å². The summed E-state index contributed by atoms with van der Waals surface area (Å²) < 4.78 is 5.83. The van der Waals surface area contributed by atoms with Crippen LogP contribution in [-0.2, 0) is 0 Å². The van der Waals surface area contributed by atoms with Gasteiger partial charge in [-0.15, -0.1) is 22.7 Å². The van der Waals surface area contributed by atoms with Gasteiger partial charge in [-0.1, -0.05) is 96.5 Å². The fourth-order valence-electron chi connectivity index (χ4n) is 9.39. The monoisotopic (exact) mass is 1020 g/mol. The fraction of sp³-hybridized carbons (Fsp3) is 0.222. The van der Waals surface area contributed by atoms with Crippen molar-refractivity contribution in [1.29, 1.82) is 0 Å². The van der Waals surface area contributed by atoms with Gasteiger partial charge < -0.3 is 30.5 Å². The molecule has 0 atom stereocenters. The van der Waals surface area contributed by atoms with E-state index in [1.807, 2.05) is 99.8 Å². The molecule has 0 bridgehead atoms. The molecule has 0 spiro atoms. The van der Waals surface area contributed by atoms with Gasteiger partial charge in [0.25, 0.3) is 11.8 Å². The number of hydrogen-bond donors (Lipinski definition) is 4. The lowest BCUT2D eigenvalue weighted by Gasteiger charge is -2.15. The van der Waals surface area contributed by atoms with Crippen LogP contribution in [-0.4, -0.2) is 110 Å². The maximum absolute atomic E-state index is 13.6. The Hall–Kier alpha value is -6.83. The average molecular weight is 1020 g/mol. The van der Waals surface area contributed by atoms with Crippen LogP contribution in [0.1, 0.15) is 46.4 Å². The predicted molar refractivity (Wildman–Crippen MR) is 291 cm³/mol. The first kappa shape index (κ1) is 48.8. The van der Waals surface area contributed by atoms with Crippen molar-refractivity contribution >= 4 is 111 Å². The Morgan fingerprint density at radius 3 is 1.50 bits per heavy atom. The van der Waals surface area contributed by atoms with E-state index in [0.717, 1.165) is 71.0 Å². The molecule has 2 saturated heterocycles. The molecule has 4 N–H and O–H groups in total. The molecule has 0 aliphatic carbocycles. The molecule has 72 heavy (non-hydrogen) atoms. The van der Waals surface area contributed by atoms with E-state index in [4.69, 9.17) is 26.6 Å². The minimum Gasteiger partial charge on any atom is -0.423 e. The van der Waals surface area contributed by atoms with Gasteiger partial charge in [-0.3, -0.25) is 28.0 Å². The third-order valence-corrected chi connectivity index (χ3v) is 15.5. The topological polar surface area (TPSA) is 174 Å². The molecule has 12 rings (SSSR count). The average Bonchev–Trinajstić information content (AvgIpc) is 4.25. The van der Waals surface area contributed by atoms with Crippen LogP contribution < -0.4 is 27.0 Å². The summed E-state index contributed by atoms with van der Waals surface area (Å²) in [4.78, 5) is 68.4. The predicted octanol–water partition coefficient (Wildman–Crippen LogP) is 7.46. The zero-order valence-electron chi connectivity index (χ0n) is 39.2. The lowest BCUT2D eigenvalue weighted by atomic mass is 9.81. The normalized spacial score (nSPS) is 13.9. The summed E-state index contributed by atoms with van der Waals surface area (Å²) in [5, 5.41) is 24.2. The molecule has 0 radical (unpaired) electrons. The van der Waals surface area contributed by atoms with Crippen molar-refractivity contribution in [1.82, 2.24) is 39.2 Å². The first-order chi connectivity index (χ1) is 35.1. The standard InChI is InChI=1S/C27H24N4O2S.C21H19ClN4O2S.C6H7BO2/c32-24-19-12-13-20(18-8-2-1-3-9-18)29-25(19)31-21-10-4-5-11-22(21)34-27(31)23(24)26(33)28-14-17-30-15-6-7-16-30;22-16-8-7-13-18(27)17(20(28)23-9-12-25-10-3-4-11-25)21-26(19(13)24-16)14-5-1-2-6-15(14)29-21;8-7(9)6-4-2-1-3-5-6/h1-5,8-13H,6-7,14-17H2,(H,28,33);1-2,5-8H,3-4,9-12H2,(H,23,28);1-5,8-9H. The molecular formula is C54H50BClN8O6S2. The van der Waals surface area contributed by atoms with Crippen molar-refractivity contribution in [2.24, 2.45) is 0 Å². The van der Waals surface area contributed by atoms with Crippen LogP contribution in [0, 0.1) is 0 Å². The summed E-state index contributed by atoms with van der Waals surface area (Å²) >= 11 is 8.99. The van der Waals surface area contributed by atoms with Crippen LogP contribution in [0.15, 0.2) is 143 Å².